The zero-order valence-corrected chi connectivity index (χ0v) is 11.1. The van der Waals surface area contributed by atoms with Crippen LogP contribution in [-0.2, 0) is 0 Å². The van der Waals surface area contributed by atoms with Crippen LogP contribution in [-0.4, -0.2) is 0 Å². The van der Waals surface area contributed by atoms with E-state index in [-0.39, 0.29) is 0 Å². The molecule has 0 N–H and O–H groups in total. The fourth-order valence-electron chi connectivity index (χ4n) is 4.94. The van der Waals surface area contributed by atoms with Crippen molar-refractivity contribution in [1.29, 1.82) is 0 Å². The fourth-order valence-corrected chi connectivity index (χ4v) is 4.94. The van der Waals surface area contributed by atoms with E-state index in [2.05, 4.69) is 13.8 Å². The fraction of sp³-hybridized carbons (Fsp3) is 1.00. The molecule has 0 amide bonds. The van der Waals surface area contributed by atoms with Crippen LogP contribution in [0.5, 0.6) is 0 Å². The lowest BCUT2D eigenvalue weighted by Crippen LogP contribution is -2.42. The van der Waals surface area contributed by atoms with Gasteiger partial charge in [-0.25, -0.2) is 0 Å². The van der Waals surface area contributed by atoms with Gasteiger partial charge in [-0.3, -0.25) is 0 Å². The van der Waals surface area contributed by atoms with Crippen molar-refractivity contribution < 1.29 is 0 Å². The summed E-state index contributed by atoms with van der Waals surface area (Å²) in [5, 5.41) is 0. The standard InChI is InChI=1S/C16H28/c1-3-12-6-11(2)4-5-13-8-14(7-12)16-9-15(13)10-16/h11-16H,3-10H2,1-2H3. The highest BCUT2D eigenvalue weighted by atomic mass is 14.5. The van der Waals surface area contributed by atoms with Gasteiger partial charge in [0.1, 0.15) is 0 Å². The van der Waals surface area contributed by atoms with Crippen molar-refractivity contribution in [3.8, 4) is 0 Å². The second-order valence-corrected chi connectivity index (χ2v) is 7.18. The van der Waals surface area contributed by atoms with Gasteiger partial charge in [0.05, 0.1) is 0 Å². The first-order valence-corrected chi connectivity index (χ1v) is 7.76. The maximum atomic E-state index is 2.50. The van der Waals surface area contributed by atoms with Crippen molar-refractivity contribution in [2.75, 3.05) is 0 Å². The van der Waals surface area contributed by atoms with E-state index in [9.17, 15) is 0 Å². The van der Waals surface area contributed by atoms with E-state index in [1.54, 1.807) is 32.1 Å². The minimum Gasteiger partial charge on any atom is -0.0651 e. The highest BCUT2D eigenvalue weighted by molar-refractivity contribution is 4.96. The average molecular weight is 220 g/mol. The maximum absolute atomic E-state index is 2.50. The summed E-state index contributed by atoms with van der Waals surface area (Å²) in [5.74, 6) is 6.63. The van der Waals surface area contributed by atoms with Gasteiger partial charge in [0, 0.05) is 0 Å². The molecule has 4 aliphatic carbocycles. The smallest absolute Gasteiger partial charge is 0.0380 e. The average Bonchev–Trinajstić information content (AvgIpc) is 2.27. The Morgan fingerprint density at radius 2 is 1.38 bits per heavy atom. The van der Waals surface area contributed by atoms with Crippen LogP contribution in [0.15, 0.2) is 0 Å². The van der Waals surface area contributed by atoms with Crippen LogP contribution >= 0.6 is 0 Å². The lowest BCUT2D eigenvalue weighted by Gasteiger charge is -2.52. The van der Waals surface area contributed by atoms with E-state index in [1.807, 2.05) is 0 Å². The quantitative estimate of drug-likeness (QED) is 0.590. The summed E-state index contributed by atoms with van der Waals surface area (Å²) in [7, 11) is 0. The molecule has 16 heavy (non-hydrogen) atoms. The van der Waals surface area contributed by atoms with Crippen molar-refractivity contribution in [3.05, 3.63) is 0 Å². The predicted molar refractivity (Wildman–Crippen MR) is 69.2 cm³/mol. The van der Waals surface area contributed by atoms with Crippen LogP contribution in [0, 0.1) is 35.5 Å². The third-order valence-electron chi connectivity index (χ3n) is 6.13. The van der Waals surface area contributed by atoms with Crippen molar-refractivity contribution in [2.24, 2.45) is 35.5 Å². The lowest BCUT2D eigenvalue weighted by molar-refractivity contribution is -0.0168. The molecule has 4 rings (SSSR count). The number of hydrogen-bond donors (Lipinski definition) is 0. The van der Waals surface area contributed by atoms with Crippen LogP contribution in [0.25, 0.3) is 0 Å². The van der Waals surface area contributed by atoms with Gasteiger partial charge in [-0.2, -0.15) is 0 Å². The summed E-state index contributed by atoms with van der Waals surface area (Å²) in [6, 6.07) is 0. The summed E-state index contributed by atoms with van der Waals surface area (Å²) < 4.78 is 0. The Hall–Kier alpha value is 0. The molecule has 4 fully saturated rings. The van der Waals surface area contributed by atoms with Crippen LogP contribution in [0.1, 0.15) is 65.2 Å². The predicted octanol–water partition coefficient (Wildman–Crippen LogP) is 4.89. The first-order chi connectivity index (χ1) is 7.76. The zero-order valence-electron chi connectivity index (χ0n) is 11.1. The second-order valence-electron chi connectivity index (χ2n) is 7.18. The molecule has 0 aromatic rings. The molecule has 4 atom stereocenters. The van der Waals surface area contributed by atoms with E-state index < -0.39 is 0 Å². The molecule has 4 unspecified atom stereocenters. The van der Waals surface area contributed by atoms with Gasteiger partial charge < -0.3 is 0 Å². The molecule has 0 aromatic carbocycles. The van der Waals surface area contributed by atoms with E-state index in [0.717, 1.165) is 35.5 Å². The highest BCUT2D eigenvalue weighted by Crippen LogP contribution is 2.56. The Morgan fingerprint density at radius 3 is 2.12 bits per heavy atom. The lowest BCUT2D eigenvalue weighted by atomic mass is 9.53. The Bertz CT molecular complexity index is 238. The third-order valence-corrected chi connectivity index (χ3v) is 6.13. The van der Waals surface area contributed by atoms with Crippen molar-refractivity contribution in [1.82, 2.24) is 0 Å². The summed E-state index contributed by atoms with van der Waals surface area (Å²) in [4.78, 5) is 0. The second kappa shape index (κ2) is 4.35. The third kappa shape index (κ3) is 1.93. The first-order valence-electron chi connectivity index (χ1n) is 7.76. The minimum absolute atomic E-state index is 1.00. The molecule has 0 spiro atoms. The van der Waals surface area contributed by atoms with Gasteiger partial charge in [-0.15, -0.1) is 0 Å². The van der Waals surface area contributed by atoms with Crippen molar-refractivity contribution >= 4 is 0 Å². The van der Waals surface area contributed by atoms with Crippen LogP contribution < -0.4 is 0 Å². The summed E-state index contributed by atoms with van der Waals surface area (Å²) in [6.45, 7) is 4.92. The number of hydrogen-bond acceptors (Lipinski definition) is 0. The first kappa shape index (κ1) is 11.1. The molecule has 0 aromatic heterocycles. The normalized spacial score (nSPS) is 52.1. The Labute approximate surface area is 101 Å². The van der Waals surface area contributed by atoms with Crippen molar-refractivity contribution in [2.45, 2.75) is 65.2 Å². The van der Waals surface area contributed by atoms with E-state index in [1.165, 1.54) is 19.3 Å². The zero-order chi connectivity index (χ0) is 11.1. The van der Waals surface area contributed by atoms with Gasteiger partial charge in [0.2, 0.25) is 0 Å². The largest absolute Gasteiger partial charge is 0.0651 e. The van der Waals surface area contributed by atoms with Gasteiger partial charge in [0.15, 0.2) is 0 Å². The van der Waals surface area contributed by atoms with Gasteiger partial charge in [-0.1, -0.05) is 26.7 Å². The topological polar surface area (TPSA) is 0 Å². The van der Waals surface area contributed by atoms with E-state index in [4.69, 9.17) is 0 Å². The maximum Gasteiger partial charge on any atom is -0.0380 e. The van der Waals surface area contributed by atoms with Crippen LogP contribution in [0.3, 0.4) is 0 Å². The monoisotopic (exact) mass is 220 g/mol. The molecule has 4 saturated carbocycles. The van der Waals surface area contributed by atoms with Crippen molar-refractivity contribution in [3.63, 3.8) is 0 Å². The molecule has 0 heteroatoms. The molecule has 0 radical (unpaired) electrons. The molecule has 92 valence electrons. The molecular formula is C16H28. The molecular weight excluding hydrogens is 192 g/mol. The SMILES string of the molecule is CCC1CC(C)CCC2CC(C1)C1CC2C1. The molecule has 4 aliphatic rings. The van der Waals surface area contributed by atoms with E-state index >= 15 is 0 Å². The molecule has 0 saturated heterocycles. The Morgan fingerprint density at radius 1 is 0.750 bits per heavy atom. The summed E-state index contributed by atoms with van der Waals surface area (Å²) >= 11 is 0. The summed E-state index contributed by atoms with van der Waals surface area (Å²) in [5.41, 5.74) is 0. The molecule has 0 heterocycles. The summed E-state index contributed by atoms with van der Waals surface area (Å²) in [6.07, 6.45) is 12.5. The highest BCUT2D eigenvalue weighted by Gasteiger charge is 2.46. The van der Waals surface area contributed by atoms with Crippen LogP contribution in [0.2, 0.25) is 0 Å². The van der Waals surface area contributed by atoms with Gasteiger partial charge in [0.25, 0.3) is 0 Å². The molecule has 4 bridgehead atoms. The van der Waals surface area contributed by atoms with Gasteiger partial charge in [-0.05, 0) is 74.0 Å². The Balaban J connectivity index is 1.73. The van der Waals surface area contributed by atoms with Crippen LogP contribution in [0.4, 0.5) is 0 Å². The minimum atomic E-state index is 1.00. The number of rotatable bonds is 1. The Kier molecular flexibility index (Phi) is 3.02. The van der Waals surface area contributed by atoms with E-state index in [0.29, 0.717) is 0 Å². The molecule has 0 nitrogen and oxygen atoms in total. The van der Waals surface area contributed by atoms with Gasteiger partial charge >= 0.3 is 0 Å². The molecule has 0 aliphatic heterocycles.